The summed E-state index contributed by atoms with van der Waals surface area (Å²) in [6, 6.07) is 4.25. The fraction of sp³-hybridized carbons (Fsp3) is 0.579. The molecule has 1 aromatic rings. The molecule has 2 rings (SSSR count). The zero-order valence-electron chi connectivity index (χ0n) is 15.2. The van der Waals surface area contributed by atoms with E-state index in [0.717, 1.165) is 25.0 Å². The van der Waals surface area contributed by atoms with Gasteiger partial charge in [-0.25, -0.2) is 4.79 Å². The van der Waals surface area contributed by atoms with E-state index < -0.39 is 23.4 Å². The second kappa shape index (κ2) is 7.68. The minimum absolute atomic E-state index is 0.0222. The third kappa shape index (κ3) is 5.75. The maximum atomic E-state index is 12.6. The molecule has 1 aromatic carbocycles. The van der Waals surface area contributed by atoms with Crippen LogP contribution in [-0.4, -0.2) is 35.5 Å². The Kier molecular flexibility index (Phi) is 5.98. The zero-order valence-corrected chi connectivity index (χ0v) is 15.2. The van der Waals surface area contributed by atoms with Crippen molar-refractivity contribution >= 4 is 11.9 Å². The molecule has 144 valence electrons. The molecule has 1 unspecified atom stereocenters. The van der Waals surface area contributed by atoms with Crippen LogP contribution < -0.4 is 0 Å². The third-order valence-corrected chi connectivity index (χ3v) is 4.18. The van der Waals surface area contributed by atoms with Gasteiger partial charge in [0.25, 0.3) is 0 Å². The molecule has 0 saturated carbocycles. The molecule has 1 saturated heterocycles. The largest absolute Gasteiger partial charge is 0.444 e. The summed E-state index contributed by atoms with van der Waals surface area (Å²) in [4.78, 5) is 26.1. The van der Waals surface area contributed by atoms with Crippen LogP contribution in [0.25, 0.3) is 0 Å². The van der Waals surface area contributed by atoms with Gasteiger partial charge in [-0.2, -0.15) is 13.2 Å². The van der Waals surface area contributed by atoms with Crippen molar-refractivity contribution in [3.05, 3.63) is 35.4 Å². The summed E-state index contributed by atoms with van der Waals surface area (Å²) in [7, 11) is 0. The monoisotopic (exact) mass is 371 g/mol. The standard InChI is InChI=1S/C19H24F3NO3/c1-18(2,3)26-17(25)23-10-4-5-13(12-23)11-16(24)14-6-8-15(9-7-14)19(20,21)22/h6-9,13H,4-5,10-12H2,1-3H3. The minimum atomic E-state index is -4.42. The van der Waals surface area contributed by atoms with Crippen molar-refractivity contribution in [3.63, 3.8) is 0 Å². The molecule has 0 bridgehead atoms. The number of nitrogens with zero attached hydrogens (tertiary/aromatic N) is 1. The van der Waals surface area contributed by atoms with Gasteiger partial charge in [-0.3, -0.25) is 4.79 Å². The number of hydrogen-bond acceptors (Lipinski definition) is 3. The number of likely N-dealkylation sites (tertiary alicyclic amines) is 1. The van der Waals surface area contributed by atoms with Crippen molar-refractivity contribution in [1.29, 1.82) is 0 Å². The maximum Gasteiger partial charge on any atom is 0.416 e. The molecule has 0 aromatic heterocycles. The van der Waals surface area contributed by atoms with E-state index in [1.54, 1.807) is 25.7 Å². The van der Waals surface area contributed by atoms with E-state index >= 15 is 0 Å². The molecule has 26 heavy (non-hydrogen) atoms. The van der Waals surface area contributed by atoms with Crippen LogP contribution in [0, 0.1) is 5.92 Å². The molecule has 1 atom stereocenters. The van der Waals surface area contributed by atoms with Crippen molar-refractivity contribution in [2.75, 3.05) is 13.1 Å². The average Bonchev–Trinajstić information content (AvgIpc) is 2.53. The van der Waals surface area contributed by atoms with Gasteiger partial charge in [-0.1, -0.05) is 12.1 Å². The molecule has 0 aliphatic carbocycles. The average molecular weight is 371 g/mol. The first kappa shape index (κ1) is 20.3. The Morgan fingerprint density at radius 2 is 1.77 bits per heavy atom. The molecule has 7 heteroatoms. The van der Waals surface area contributed by atoms with Gasteiger partial charge in [0.1, 0.15) is 5.60 Å². The van der Waals surface area contributed by atoms with Crippen molar-refractivity contribution < 1.29 is 27.5 Å². The summed E-state index contributed by atoms with van der Waals surface area (Å²) < 4.78 is 43.1. The smallest absolute Gasteiger partial charge is 0.416 e. The van der Waals surface area contributed by atoms with Crippen LogP contribution >= 0.6 is 0 Å². The Bertz CT molecular complexity index is 647. The number of carbonyl (C=O) groups excluding carboxylic acids is 2. The first-order chi connectivity index (χ1) is 12.0. The number of carbonyl (C=O) groups is 2. The molecule has 1 aliphatic heterocycles. The maximum absolute atomic E-state index is 12.6. The number of amides is 1. The van der Waals surface area contributed by atoms with Gasteiger partial charge >= 0.3 is 12.3 Å². The number of hydrogen-bond donors (Lipinski definition) is 0. The fourth-order valence-corrected chi connectivity index (χ4v) is 2.95. The van der Waals surface area contributed by atoms with Gasteiger partial charge in [0.05, 0.1) is 5.56 Å². The molecule has 1 aliphatic rings. The molecule has 4 nitrogen and oxygen atoms in total. The summed E-state index contributed by atoms with van der Waals surface area (Å²) >= 11 is 0. The van der Waals surface area contributed by atoms with E-state index in [0.29, 0.717) is 13.1 Å². The Morgan fingerprint density at radius 1 is 1.15 bits per heavy atom. The van der Waals surface area contributed by atoms with Crippen molar-refractivity contribution in [3.8, 4) is 0 Å². The number of alkyl halides is 3. The van der Waals surface area contributed by atoms with Gasteiger partial charge < -0.3 is 9.64 Å². The highest BCUT2D eigenvalue weighted by molar-refractivity contribution is 5.96. The number of piperidine rings is 1. The highest BCUT2D eigenvalue weighted by atomic mass is 19.4. The topological polar surface area (TPSA) is 46.6 Å². The Hall–Kier alpha value is -2.05. The van der Waals surface area contributed by atoms with Gasteiger partial charge in [0.2, 0.25) is 0 Å². The molecule has 1 fully saturated rings. The predicted molar refractivity (Wildman–Crippen MR) is 90.9 cm³/mol. The van der Waals surface area contributed by atoms with E-state index in [9.17, 15) is 22.8 Å². The molecule has 0 radical (unpaired) electrons. The highest BCUT2D eigenvalue weighted by Gasteiger charge is 2.31. The SMILES string of the molecule is CC(C)(C)OC(=O)N1CCCC(CC(=O)c2ccc(C(F)(F)F)cc2)C1. The minimum Gasteiger partial charge on any atom is -0.444 e. The molecule has 1 amide bonds. The van der Waals surface area contributed by atoms with Crippen LogP contribution in [0.5, 0.6) is 0 Å². The van der Waals surface area contributed by atoms with Crippen LogP contribution in [0.2, 0.25) is 0 Å². The second-order valence-electron chi connectivity index (χ2n) is 7.64. The van der Waals surface area contributed by atoms with E-state index in [1.807, 2.05) is 0 Å². The van der Waals surface area contributed by atoms with Crippen LogP contribution in [0.1, 0.15) is 56.0 Å². The van der Waals surface area contributed by atoms with E-state index in [1.165, 1.54) is 12.1 Å². The summed E-state index contributed by atoms with van der Waals surface area (Å²) in [6.45, 7) is 6.38. The van der Waals surface area contributed by atoms with Crippen molar-refractivity contribution in [2.45, 2.75) is 51.8 Å². The van der Waals surface area contributed by atoms with Crippen LogP contribution in [-0.2, 0) is 10.9 Å². The van der Waals surface area contributed by atoms with Crippen LogP contribution in [0.15, 0.2) is 24.3 Å². The first-order valence-electron chi connectivity index (χ1n) is 8.64. The number of rotatable bonds is 3. The third-order valence-electron chi connectivity index (χ3n) is 4.18. The number of benzene rings is 1. The molecular weight excluding hydrogens is 347 g/mol. The quantitative estimate of drug-likeness (QED) is 0.708. The summed E-state index contributed by atoms with van der Waals surface area (Å²) in [5, 5.41) is 0. The van der Waals surface area contributed by atoms with Gasteiger partial charge in [0, 0.05) is 25.1 Å². The van der Waals surface area contributed by atoms with Crippen LogP contribution in [0.3, 0.4) is 0 Å². The lowest BCUT2D eigenvalue weighted by atomic mass is 9.91. The normalized spacial score (nSPS) is 18.5. The van der Waals surface area contributed by atoms with Crippen molar-refractivity contribution in [2.24, 2.45) is 5.92 Å². The summed E-state index contributed by atoms with van der Waals surface area (Å²) in [5.74, 6) is -0.235. The summed E-state index contributed by atoms with van der Waals surface area (Å²) in [5.41, 5.74) is -1.10. The van der Waals surface area contributed by atoms with Crippen LogP contribution in [0.4, 0.5) is 18.0 Å². The van der Waals surface area contributed by atoms with E-state index in [-0.39, 0.29) is 23.7 Å². The number of ether oxygens (including phenoxy) is 1. The Labute approximate surface area is 151 Å². The zero-order chi connectivity index (χ0) is 19.5. The number of halogens is 3. The predicted octanol–water partition coefficient (Wildman–Crippen LogP) is 4.93. The molecule has 0 spiro atoms. The van der Waals surface area contributed by atoms with E-state index in [2.05, 4.69) is 0 Å². The fourth-order valence-electron chi connectivity index (χ4n) is 2.95. The lowest BCUT2D eigenvalue weighted by Gasteiger charge is -2.34. The van der Waals surface area contributed by atoms with E-state index in [4.69, 9.17) is 4.74 Å². The summed E-state index contributed by atoms with van der Waals surface area (Å²) in [6.07, 6.45) is -3.05. The van der Waals surface area contributed by atoms with Gasteiger partial charge in [-0.05, 0) is 51.7 Å². The second-order valence-corrected chi connectivity index (χ2v) is 7.64. The molecule has 1 heterocycles. The van der Waals surface area contributed by atoms with Gasteiger partial charge in [-0.15, -0.1) is 0 Å². The molecule has 0 N–H and O–H groups in total. The number of ketones is 1. The molecular formula is C19H24F3NO3. The Balaban J connectivity index is 1.95. The lowest BCUT2D eigenvalue weighted by molar-refractivity contribution is -0.137. The Morgan fingerprint density at radius 3 is 2.31 bits per heavy atom. The number of Topliss-reactive ketones (excluding diaryl/α,β-unsaturated/α-hetero) is 1. The van der Waals surface area contributed by atoms with Crippen molar-refractivity contribution in [1.82, 2.24) is 4.90 Å². The van der Waals surface area contributed by atoms with Gasteiger partial charge in [0.15, 0.2) is 5.78 Å². The highest BCUT2D eigenvalue weighted by Crippen LogP contribution is 2.30. The lowest BCUT2D eigenvalue weighted by Crippen LogP contribution is -2.43. The first-order valence-corrected chi connectivity index (χ1v) is 8.64.